The molecule has 0 bridgehead atoms. The van der Waals surface area contributed by atoms with Gasteiger partial charge in [-0.2, -0.15) is 0 Å². The molecule has 3 nitrogen and oxygen atoms in total. The van der Waals surface area contributed by atoms with E-state index in [9.17, 15) is 4.79 Å². The van der Waals surface area contributed by atoms with E-state index in [0.717, 1.165) is 46.5 Å². The molecule has 1 unspecified atom stereocenters. The van der Waals surface area contributed by atoms with E-state index in [1.165, 1.54) is 0 Å². The number of ketones is 1. The number of nitrogens with two attached hydrogens (primary N) is 2. The van der Waals surface area contributed by atoms with Crippen molar-refractivity contribution in [1.29, 1.82) is 0 Å². The van der Waals surface area contributed by atoms with Crippen LogP contribution in [-0.2, 0) is 4.79 Å². The van der Waals surface area contributed by atoms with Crippen molar-refractivity contribution in [1.82, 2.24) is 0 Å². The molecule has 0 saturated heterocycles. The summed E-state index contributed by atoms with van der Waals surface area (Å²) in [7, 11) is 0. The van der Waals surface area contributed by atoms with E-state index in [4.69, 9.17) is 11.5 Å². The van der Waals surface area contributed by atoms with Gasteiger partial charge in [0.25, 0.3) is 0 Å². The molecule has 4 N–H and O–H groups in total. The summed E-state index contributed by atoms with van der Waals surface area (Å²) in [5, 5.41) is 0. The van der Waals surface area contributed by atoms with E-state index < -0.39 is 0 Å². The Morgan fingerprint density at radius 2 is 1.19 bits per heavy atom. The Balaban J connectivity index is 1.95. The standard InChI is InChI=1S/C23H26N2O/c1-15(2)18-13-19(11-16-3-7-21(24)8-4-16)23(26)20(14-18)12-17-5-9-22(25)10-6-17/h3-12,15,18H,13-14,24-25H2,1-2H3/b19-11-,20-12+. The van der Waals surface area contributed by atoms with Gasteiger partial charge < -0.3 is 11.5 Å². The molecule has 0 amide bonds. The van der Waals surface area contributed by atoms with Gasteiger partial charge in [-0.05, 0) is 72.2 Å². The maximum Gasteiger partial charge on any atom is 0.185 e. The monoisotopic (exact) mass is 346 g/mol. The molecule has 0 radical (unpaired) electrons. The van der Waals surface area contributed by atoms with Crippen LogP contribution in [0.5, 0.6) is 0 Å². The normalized spacial score (nSPS) is 20.9. The lowest BCUT2D eigenvalue weighted by Gasteiger charge is -2.28. The molecule has 0 aromatic heterocycles. The number of nitrogen functional groups attached to an aromatic ring is 2. The third-order valence-corrected chi connectivity index (χ3v) is 5.05. The summed E-state index contributed by atoms with van der Waals surface area (Å²) in [6, 6.07) is 15.3. The first-order valence-corrected chi connectivity index (χ1v) is 9.09. The Bertz CT molecular complexity index is 775. The Kier molecular flexibility index (Phi) is 5.27. The summed E-state index contributed by atoms with van der Waals surface area (Å²) in [5.74, 6) is 1.14. The second kappa shape index (κ2) is 7.61. The fourth-order valence-corrected chi connectivity index (χ4v) is 3.34. The summed E-state index contributed by atoms with van der Waals surface area (Å²) in [5.41, 5.74) is 16.8. The van der Waals surface area contributed by atoms with E-state index in [1.807, 2.05) is 60.7 Å². The first-order valence-electron chi connectivity index (χ1n) is 9.09. The first kappa shape index (κ1) is 18.0. The second-order valence-corrected chi connectivity index (χ2v) is 7.41. The zero-order valence-corrected chi connectivity index (χ0v) is 15.4. The predicted octanol–water partition coefficient (Wildman–Crippen LogP) is 4.95. The number of benzene rings is 2. The third-order valence-electron chi connectivity index (χ3n) is 5.05. The van der Waals surface area contributed by atoms with Crippen LogP contribution in [0.1, 0.15) is 37.8 Å². The van der Waals surface area contributed by atoms with Crippen LogP contribution in [0.4, 0.5) is 11.4 Å². The lowest BCUT2D eigenvalue weighted by molar-refractivity contribution is -0.113. The summed E-state index contributed by atoms with van der Waals surface area (Å²) in [6.07, 6.45) is 5.65. The molecule has 3 heteroatoms. The predicted molar refractivity (Wildman–Crippen MR) is 110 cm³/mol. The smallest absolute Gasteiger partial charge is 0.185 e. The Morgan fingerprint density at radius 3 is 1.54 bits per heavy atom. The Hall–Kier alpha value is -2.81. The largest absolute Gasteiger partial charge is 0.399 e. The number of carbonyl (C=O) groups excluding carboxylic acids is 1. The minimum atomic E-state index is 0.149. The van der Waals surface area contributed by atoms with Gasteiger partial charge in [-0.25, -0.2) is 0 Å². The molecule has 0 heterocycles. The molecule has 0 aliphatic heterocycles. The molecule has 1 atom stereocenters. The van der Waals surface area contributed by atoms with Gasteiger partial charge in [0.05, 0.1) is 0 Å². The van der Waals surface area contributed by atoms with Crippen molar-refractivity contribution in [3.05, 3.63) is 70.8 Å². The average Bonchev–Trinajstić information content (AvgIpc) is 2.62. The molecule has 1 aliphatic rings. The van der Waals surface area contributed by atoms with Gasteiger partial charge in [0, 0.05) is 22.5 Å². The van der Waals surface area contributed by atoms with Crippen molar-refractivity contribution < 1.29 is 4.79 Å². The van der Waals surface area contributed by atoms with E-state index in [0.29, 0.717) is 11.8 Å². The highest BCUT2D eigenvalue weighted by atomic mass is 16.1. The number of hydrogen-bond acceptors (Lipinski definition) is 3. The number of allylic oxidation sites excluding steroid dienone is 2. The van der Waals surface area contributed by atoms with Gasteiger partial charge in [-0.15, -0.1) is 0 Å². The maximum atomic E-state index is 13.1. The van der Waals surface area contributed by atoms with Crippen molar-refractivity contribution in [2.75, 3.05) is 11.5 Å². The van der Waals surface area contributed by atoms with Crippen LogP contribution in [0.3, 0.4) is 0 Å². The summed E-state index contributed by atoms with van der Waals surface area (Å²) in [4.78, 5) is 13.1. The fourth-order valence-electron chi connectivity index (χ4n) is 3.34. The number of rotatable bonds is 3. The second-order valence-electron chi connectivity index (χ2n) is 7.41. The lowest BCUT2D eigenvalue weighted by atomic mass is 9.75. The third kappa shape index (κ3) is 4.23. The maximum absolute atomic E-state index is 13.1. The van der Waals surface area contributed by atoms with E-state index in [1.54, 1.807) is 0 Å². The van der Waals surface area contributed by atoms with Crippen molar-refractivity contribution in [2.24, 2.45) is 11.8 Å². The lowest BCUT2D eigenvalue weighted by Crippen LogP contribution is -2.23. The molecule has 134 valence electrons. The van der Waals surface area contributed by atoms with Gasteiger partial charge >= 0.3 is 0 Å². The van der Waals surface area contributed by atoms with Crippen LogP contribution in [0.2, 0.25) is 0 Å². The topological polar surface area (TPSA) is 69.1 Å². The van der Waals surface area contributed by atoms with E-state index >= 15 is 0 Å². The molecular formula is C23H26N2O. The molecule has 2 aromatic rings. The molecule has 1 saturated carbocycles. The van der Waals surface area contributed by atoms with Crippen molar-refractivity contribution >= 4 is 29.3 Å². The zero-order valence-electron chi connectivity index (χ0n) is 15.4. The van der Waals surface area contributed by atoms with Crippen LogP contribution in [0.15, 0.2) is 59.7 Å². The number of Topliss-reactive ketones (excluding diaryl/α,β-unsaturated/α-hetero) is 1. The van der Waals surface area contributed by atoms with Gasteiger partial charge in [0.1, 0.15) is 0 Å². The summed E-state index contributed by atoms with van der Waals surface area (Å²) in [6.45, 7) is 4.45. The highest BCUT2D eigenvalue weighted by Gasteiger charge is 2.29. The number of anilines is 2. The average molecular weight is 346 g/mol. The van der Waals surface area contributed by atoms with Crippen LogP contribution < -0.4 is 11.5 Å². The summed E-state index contributed by atoms with van der Waals surface area (Å²) < 4.78 is 0. The molecule has 1 aliphatic carbocycles. The number of hydrogen-bond donors (Lipinski definition) is 2. The molecule has 0 spiro atoms. The quantitative estimate of drug-likeness (QED) is 0.610. The van der Waals surface area contributed by atoms with Crippen LogP contribution >= 0.6 is 0 Å². The molecule has 26 heavy (non-hydrogen) atoms. The first-order chi connectivity index (χ1) is 12.4. The van der Waals surface area contributed by atoms with Crippen LogP contribution in [-0.4, -0.2) is 5.78 Å². The Labute approximate surface area is 155 Å². The van der Waals surface area contributed by atoms with E-state index in [2.05, 4.69) is 13.8 Å². The highest BCUT2D eigenvalue weighted by molar-refractivity contribution is 6.14. The molecule has 1 fully saturated rings. The molecule has 3 rings (SSSR count). The van der Waals surface area contributed by atoms with Gasteiger partial charge in [0.2, 0.25) is 0 Å². The van der Waals surface area contributed by atoms with E-state index in [-0.39, 0.29) is 5.78 Å². The van der Waals surface area contributed by atoms with Gasteiger partial charge in [-0.1, -0.05) is 38.1 Å². The van der Waals surface area contributed by atoms with Crippen LogP contribution in [0, 0.1) is 11.8 Å². The SMILES string of the molecule is CC(C)C1C/C(=C/c2ccc(N)cc2)C(=O)/C(=C/c2ccc(N)cc2)C1. The molecule has 2 aromatic carbocycles. The van der Waals surface area contributed by atoms with Gasteiger partial charge in [0.15, 0.2) is 5.78 Å². The van der Waals surface area contributed by atoms with Crippen molar-refractivity contribution in [3.63, 3.8) is 0 Å². The zero-order chi connectivity index (χ0) is 18.7. The summed E-state index contributed by atoms with van der Waals surface area (Å²) >= 11 is 0. The van der Waals surface area contributed by atoms with Crippen molar-refractivity contribution in [3.8, 4) is 0 Å². The fraction of sp³-hybridized carbons (Fsp3) is 0.261. The molecular weight excluding hydrogens is 320 g/mol. The highest BCUT2D eigenvalue weighted by Crippen LogP contribution is 2.36. The minimum absolute atomic E-state index is 0.149. The van der Waals surface area contributed by atoms with Gasteiger partial charge in [-0.3, -0.25) is 4.79 Å². The Morgan fingerprint density at radius 1 is 0.808 bits per heavy atom. The van der Waals surface area contributed by atoms with Crippen LogP contribution in [0.25, 0.3) is 12.2 Å². The number of carbonyl (C=O) groups is 1. The minimum Gasteiger partial charge on any atom is -0.399 e. The van der Waals surface area contributed by atoms with Crippen molar-refractivity contribution in [2.45, 2.75) is 26.7 Å².